The fraction of sp³-hybridized carbons (Fsp3) is 0.556. The maximum absolute atomic E-state index is 12.0. The monoisotopic (exact) mass is 331 g/mol. The van der Waals surface area contributed by atoms with E-state index in [2.05, 4.69) is 17.1 Å². The van der Waals surface area contributed by atoms with E-state index in [4.69, 9.17) is 4.42 Å². The number of hydrogen-bond acceptors (Lipinski definition) is 4. The first-order valence-electron chi connectivity index (χ1n) is 8.78. The Morgan fingerprint density at radius 2 is 2.21 bits per heavy atom. The Morgan fingerprint density at radius 1 is 1.38 bits per heavy atom. The van der Waals surface area contributed by atoms with Crippen LogP contribution in [0.2, 0.25) is 0 Å². The van der Waals surface area contributed by atoms with Gasteiger partial charge in [0.05, 0.1) is 5.52 Å². The number of carbonyl (C=O) groups is 1. The highest BCUT2D eigenvalue weighted by Gasteiger charge is 2.22. The summed E-state index contributed by atoms with van der Waals surface area (Å²) >= 11 is 0. The maximum Gasteiger partial charge on any atom is 0.419 e. The second-order valence-electron chi connectivity index (χ2n) is 6.32. The highest BCUT2D eigenvalue weighted by Crippen LogP contribution is 2.15. The van der Waals surface area contributed by atoms with Crippen LogP contribution in [0.5, 0.6) is 0 Å². The van der Waals surface area contributed by atoms with Crippen LogP contribution < -0.4 is 11.1 Å². The molecule has 1 saturated heterocycles. The van der Waals surface area contributed by atoms with Gasteiger partial charge in [0.1, 0.15) is 0 Å². The molecule has 1 atom stereocenters. The van der Waals surface area contributed by atoms with E-state index in [1.807, 2.05) is 18.2 Å². The smallest absolute Gasteiger partial charge is 0.408 e. The first-order valence-corrected chi connectivity index (χ1v) is 8.78. The van der Waals surface area contributed by atoms with Crippen molar-refractivity contribution in [3.63, 3.8) is 0 Å². The largest absolute Gasteiger partial charge is 0.419 e. The molecule has 0 radical (unpaired) electrons. The number of amides is 1. The van der Waals surface area contributed by atoms with Gasteiger partial charge in [0.2, 0.25) is 5.91 Å². The van der Waals surface area contributed by atoms with Crippen LogP contribution in [0.1, 0.15) is 32.6 Å². The number of para-hydroxylation sites is 2. The number of aryl methyl sites for hydroxylation is 1. The van der Waals surface area contributed by atoms with Gasteiger partial charge in [-0.25, -0.2) is 4.79 Å². The third-order valence-electron chi connectivity index (χ3n) is 4.80. The van der Waals surface area contributed by atoms with Crippen molar-refractivity contribution in [2.45, 2.75) is 45.2 Å². The van der Waals surface area contributed by atoms with E-state index in [0.717, 1.165) is 31.6 Å². The van der Waals surface area contributed by atoms with Gasteiger partial charge in [-0.3, -0.25) is 14.3 Å². The van der Waals surface area contributed by atoms with Gasteiger partial charge in [-0.15, -0.1) is 0 Å². The van der Waals surface area contributed by atoms with Crippen molar-refractivity contribution in [3.05, 3.63) is 34.8 Å². The minimum absolute atomic E-state index is 0.0544. The minimum Gasteiger partial charge on any atom is -0.408 e. The average Bonchev–Trinajstić information content (AvgIpc) is 3.17. The molecule has 0 bridgehead atoms. The lowest BCUT2D eigenvalue weighted by Crippen LogP contribution is -2.40. The topological polar surface area (TPSA) is 67.5 Å². The van der Waals surface area contributed by atoms with E-state index < -0.39 is 0 Å². The molecule has 6 heteroatoms. The number of benzene rings is 1. The molecule has 6 nitrogen and oxygen atoms in total. The number of aromatic nitrogens is 1. The van der Waals surface area contributed by atoms with Crippen molar-refractivity contribution in [2.75, 3.05) is 19.6 Å². The van der Waals surface area contributed by atoms with Crippen LogP contribution in [0.4, 0.5) is 0 Å². The van der Waals surface area contributed by atoms with Gasteiger partial charge in [0.15, 0.2) is 5.58 Å². The highest BCUT2D eigenvalue weighted by atomic mass is 16.4. The van der Waals surface area contributed by atoms with Crippen molar-refractivity contribution in [3.8, 4) is 0 Å². The molecular formula is C18H25N3O3. The predicted octanol–water partition coefficient (Wildman–Crippen LogP) is 1.98. The molecule has 1 fully saturated rings. The quantitative estimate of drug-likeness (QED) is 0.842. The average molecular weight is 331 g/mol. The number of oxazole rings is 1. The molecule has 24 heavy (non-hydrogen) atoms. The van der Waals surface area contributed by atoms with E-state index in [9.17, 15) is 9.59 Å². The number of rotatable bonds is 7. The molecule has 2 aromatic rings. The summed E-state index contributed by atoms with van der Waals surface area (Å²) in [6, 6.07) is 7.83. The van der Waals surface area contributed by atoms with Crippen molar-refractivity contribution in [1.29, 1.82) is 0 Å². The lowest BCUT2D eigenvalue weighted by atomic mass is 10.2. The van der Waals surface area contributed by atoms with Crippen LogP contribution in [-0.4, -0.2) is 41.1 Å². The molecule has 1 aromatic carbocycles. The van der Waals surface area contributed by atoms with Crippen LogP contribution in [0.3, 0.4) is 0 Å². The summed E-state index contributed by atoms with van der Waals surface area (Å²) < 4.78 is 6.79. The summed E-state index contributed by atoms with van der Waals surface area (Å²) in [7, 11) is 0. The second kappa shape index (κ2) is 7.66. The van der Waals surface area contributed by atoms with E-state index >= 15 is 0 Å². The van der Waals surface area contributed by atoms with E-state index in [0.29, 0.717) is 31.0 Å². The molecule has 3 rings (SSSR count). The fourth-order valence-electron chi connectivity index (χ4n) is 3.49. The van der Waals surface area contributed by atoms with Gasteiger partial charge in [-0.05, 0) is 44.5 Å². The number of likely N-dealkylation sites (N-methyl/N-ethyl adjacent to an activating group) is 1. The Kier molecular flexibility index (Phi) is 5.35. The zero-order chi connectivity index (χ0) is 16.9. The molecule has 0 saturated carbocycles. The molecule has 2 heterocycles. The van der Waals surface area contributed by atoms with Crippen LogP contribution in [-0.2, 0) is 11.3 Å². The summed E-state index contributed by atoms with van der Waals surface area (Å²) in [5.41, 5.74) is 1.38. The number of nitrogens with one attached hydrogen (secondary N) is 1. The van der Waals surface area contributed by atoms with Crippen molar-refractivity contribution in [1.82, 2.24) is 14.8 Å². The Bertz CT molecular complexity index is 749. The van der Waals surface area contributed by atoms with Crippen LogP contribution in [0, 0.1) is 0 Å². The first-order chi connectivity index (χ1) is 11.7. The molecule has 1 aliphatic rings. The Labute approximate surface area is 141 Å². The SMILES string of the molecule is CCN1CCC[C@@H]1CNC(=O)CCCn1c(=O)oc2ccccc21. The standard InChI is InChI=1S/C18H25N3O3/c1-2-20-11-5-7-14(20)13-19-17(22)10-6-12-21-15-8-3-4-9-16(15)24-18(21)23/h3-4,8-9,14H,2,5-7,10-13H2,1H3,(H,19,22)/t14-/m1/s1. The van der Waals surface area contributed by atoms with Crippen molar-refractivity contribution in [2.24, 2.45) is 0 Å². The summed E-state index contributed by atoms with van der Waals surface area (Å²) in [4.78, 5) is 26.3. The zero-order valence-corrected chi connectivity index (χ0v) is 14.2. The molecule has 1 N–H and O–H groups in total. The number of fused-ring (bicyclic) bond motifs is 1. The number of carbonyl (C=O) groups excluding carboxylic acids is 1. The van der Waals surface area contributed by atoms with Gasteiger partial charge in [0, 0.05) is 25.6 Å². The normalized spacial score (nSPS) is 18.3. The van der Waals surface area contributed by atoms with Crippen molar-refractivity contribution >= 4 is 17.0 Å². The van der Waals surface area contributed by atoms with Gasteiger partial charge in [-0.1, -0.05) is 19.1 Å². The van der Waals surface area contributed by atoms with E-state index in [1.54, 1.807) is 10.6 Å². The third-order valence-corrected chi connectivity index (χ3v) is 4.80. The lowest BCUT2D eigenvalue weighted by Gasteiger charge is -2.22. The van der Waals surface area contributed by atoms with E-state index in [-0.39, 0.29) is 11.7 Å². The van der Waals surface area contributed by atoms with E-state index in [1.165, 1.54) is 6.42 Å². The summed E-state index contributed by atoms with van der Waals surface area (Å²) in [6.07, 6.45) is 3.41. The molecule has 0 unspecified atom stereocenters. The van der Waals surface area contributed by atoms with Gasteiger partial charge < -0.3 is 9.73 Å². The molecular weight excluding hydrogens is 306 g/mol. The Morgan fingerprint density at radius 3 is 3.04 bits per heavy atom. The second-order valence-corrected chi connectivity index (χ2v) is 6.32. The Hall–Kier alpha value is -2.08. The Balaban J connectivity index is 1.46. The van der Waals surface area contributed by atoms with Crippen LogP contribution >= 0.6 is 0 Å². The number of hydrogen-bond donors (Lipinski definition) is 1. The maximum atomic E-state index is 12.0. The summed E-state index contributed by atoms with van der Waals surface area (Å²) in [5, 5.41) is 3.03. The first kappa shape index (κ1) is 16.8. The molecule has 1 aliphatic heterocycles. The van der Waals surface area contributed by atoms with Gasteiger partial charge in [0.25, 0.3) is 0 Å². The molecule has 130 valence electrons. The molecule has 0 spiro atoms. The van der Waals surface area contributed by atoms with Gasteiger partial charge in [-0.2, -0.15) is 0 Å². The van der Waals surface area contributed by atoms with Crippen LogP contribution in [0.15, 0.2) is 33.5 Å². The third kappa shape index (κ3) is 3.70. The summed E-state index contributed by atoms with van der Waals surface area (Å²) in [5.74, 6) is -0.306. The van der Waals surface area contributed by atoms with Crippen molar-refractivity contribution < 1.29 is 9.21 Å². The highest BCUT2D eigenvalue weighted by molar-refractivity contribution is 5.76. The summed E-state index contributed by atoms with van der Waals surface area (Å²) in [6.45, 7) is 5.55. The lowest BCUT2D eigenvalue weighted by molar-refractivity contribution is -0.121. The fourth-order valence-corrected chi connectivity index (χ4v) is 3.49. The predicted molar refractivity (Wildman–Crippen MR) is 93.0 cm³/mol. The molecule has 1 aromatic heterocycles. The number of nitrogens with zero attached hydrogens (tertiary/aromatic N) is 2. The zero-order valence-electron chi connectivity index (χ0n) is 14.2. The van der Waals surface area contributed by atoms with Gasteiger partial charge >= 0.3 is 5.76 Å². The minimum atomic E-state index is -0.360. The number of likely N-dealkylation sites (tertiary alicyclic amines) is 1. The molecule has 0 aliphatic carbocycles. The molecule has 1 amide bonds. The van der Waals surface area contributed by atoms with Crippen LogP contribution in [0.25, 0.3) is 11.1 Å².